The first-order valence-electron chi connectivity index (χ1n) is 16.7. The molecule has 2 aliphatic heterocycles. The average Bonchev–Trinajstić information content (AvgIpc) is 3.04. The summed E-state index contributed by atoms with van der Waals surface area (Å²) in [5.74, 6) is 3.06. The van der Waals surface area contributed by atoms with Crippen molar-refractivity contribution in [2.75, 3.05) is 87.8 Å². The molecular formula is C35H47N5O4. The summed E-state index contributed by atoms with van der Waals surface area (Å²) in [6.07, 6.45) is 6.98. The second kappa shape index (κ2) is 12.6. The minimum absolute atomic E-state index is 0.0914. The Labute approximate surface area is 261 Å². The van der Waals surface area contributed by atoms with Crippen LogP contribution in [0.3, 0.4) is 0 Å². The number of hydrogen-bond acceptors (Lipinski definition) is 7. The van der Waals surface area contributed by atoms with Gasteiger partial charge in [-0.3, -0.25) is 14.5 Å². The third-order valence-electron chi connectivity index (χ3n) is 10.9. The number of piperazine rings is 1. The SMILES string of the molecule is COc1ccccc1N1CCN(c2ccc(NC(=O)C34CC5CC(CC(C5)C3)C4)cc2C(=O)NCCN2CCOCC2)CC1. The Hall–Kier alpha value is -3.30. The van der Waals surface area contributed by atoms with Crippen LogP contribution >= 0.6 is 0 Å². The first-order valence-corrected chi connectivity index (χ1v) is 16.7. The van der Waals surface area contributed by atoms with Gasteiger partial charge in [0.1, 0.15) is 5.75 Å². The number of rotatable bonds is 9. The predicted molar refractivity (Wildman–Crippen MR) is 173 cm³/mol. The number of amides is 2. The van der Waals surface area contributed by atoms with Gasteiger partial charge in [0.05, 0.1) is 37.0 Å². The first kappa shape index (κ1) is 29.4. The minimum Gasteiger partial charge on any atom is -0.495 e. The van der Waals surface area contributed by atoms with Crippen molar-refractivity contribution in [1.82, 2.24) is 10.2 Å². The largest absolute Gasteiger partial charge is 0.495 e. The number of carbonyl (C=O) groups excluding carboxylic acids is 2. The van der Waals surface area contributed by atoms with Gasteiger partial charge in [0.15, 0.2) is 0 Å². The van der Waals surface area contributed by atoms with Crippen LogP contribution in [-0.4, -0.2) is 89.4 Å². The Morgan fingerprint density at radius 3 is 2.16 bits per heavy atom. The van der Waals surface area contributed by atoms with Crippen molar-refractivity contribution >= 4 is 28.9 Å². The molecule has 2 N–H and O–H groups in total. The highest BCUT2D eigenvalue weighted by Crippen LogP contribution is 2.60. The third-order valence-corrected chi connectivity index (χ3v) is 10.9. The van der Waals surface area contributed by atoms with Crippen LogP contribution in [0.5, 0.6) is 5.75 Å². The van der Waals surface area contributed by atoms with Gasteiger partial charge in [0.25, 0.3) is 5.91 Å². The standard InChI is InChI=1S/C35H47N5O4/c1-43-32-5-3-2-4-31(32)40-12-10-39(11-13-40)30-7-6-28(21-29(30)33(41)36-8-9-38-14-16-44-17-15-38)37-34(42)35-22-25-18-26(23-35)20-27(19-25)24-35/h2-7,21,25-27H,8-20,22-24H2,1H3,(H,36,41)(H,37,42). The molecule has 2 heterocycles. The Bertz CT molecular complexity index is 1320. The lowest BCUT2D eigenvalue weighted by molar-refractivity contribution is -0.140. The Morgan fingerprint density at radius 2 is 1.50 bits per heavy atom. The average molecular weight is 602 g/mol. The molecule has 2 amide bonds. The fourth-order valence-electron chi connectivity index (χ4n) is 9.05. The van der Waals surface area contributed by atoms with Gasteiger partial charge in [-0.2, -0.15) is 0 Å². The lowest BCUT2D eigenvalue weighted by Gasteiger charge is -2.55. The normalized spacial score (nSPS) is 28.2. The highest BCUT2D eigenvalue weighted by molar-refractivity contribution is 6.03. The van der Waals surface area contributed by atoms with Crippen molar-refractivity contribution in [1.29, 1.82) is 0 Å². The highest BCUT2D eigenvalue weighted by atomic mass is 16.5. The van der Waals surface area contributed by atoms with Gasteiger partial charge < -0.3 is 29.9 Å². The summed E-state index contributed by atoms with van der Waals surface area (Å²) in [7, 11) is 1.71. The van der Waals surface area contributed by atoms with Crippen LogP contribution in [0.15, 0.2) is 42.5 Å². The highest BCUT2D eigenvalue weighted by Gasteiger charge is 2.54. The number of nitrogens with one attached hydrogen (secondary N) is 2. The molecule has 4 bridgehead atoms. The van der Waals surface area contributed by atoms with Crippen LogP contribution in [0.25, 0.3) is 0 Å². The number of para-hydroxylation sites is 2. The zero-order chi connectivity index (χ0) is 30.1. The summed E-state index contributed by atoms with van der Waals surface area (Å²) in [5.41, 5.74) is 3.13. The van der Waals surface area contributed by atoms with E-state index in [-0.39, 0.29) is 17.2 Å². The summed E-state index contributed by atoms with van der Waals surface area (Å²) in [5, 5.41) is 6.47. The fourth-order valence-corrected chi connectivity index (χ4v) is 9.05. The maximum atomic E-state index is 13.9. The molecule has 2 aromatic carbocycles. The molecule has 236 valence electrons. The quantitative estimate of drug-likeness (QED) is 0.445. The van der Waals surface area contributed by atoms with Crippen LogP contribution in [0.2, 0.25) is 0 Å². The van der Waals surface area contributed by atoms with Crippen LogP contribution < -0.4 is 25.2 Å². The molecule has 4 aliphatic carbocycles. The van der Waals surface area contributed by atoms with Crippen molar-refractivity contribution in [2.45, 2.75) is 38.5 Å². The van der Waals surface area contributed by atoms with Gasteiger partial charge in [-0.05, 0) is 86.6 Å². The van der Waals surface area contributed by atoms with E-state index in [9.17, 15) is 9.59 Å². The second-order valence-corrected chi connectivity index (χ2v) is 13.7. The zero-order valence-electron chi connectivity index (χ0n) is 26.1. The van der Waals surface area contributed by atoms with E-state index >= 15 is 0 Å². The van der Waals surface area contributed by atoms with Gasteiger partial charge in [0.2, 0.25) is 5.91 Å². The lowest BCUT2D eigenvalue weighted by Crippen LogP contribution is -2.51. The van der Waals surface area contributed by atoms with E-state index in [0.717, 1.165) is 101 Å². The molecule has 0 radical (unpaired) electrons. The lowest BCUT2D eigenvalue weighted by atomic mass is 9.49. The first-order chi connectivity index (χ1) is 21.5. The summed E-state index contributed by atoms with van der Waals surface area (Å²) in [4.78, 5) is 34.6. The second-order valence-electron chi connectivity index (χ2n) is 13.7. The zero-order valence-corrected chi connectivity index (χ0v) is 26.1. The fraction of sp³-hybridized carbons (Fsp3) is 0.600. The molecule has 2 saturated heterocycles. The van der Waals surface area contributed by atoms with Gasteiger partial charge >= 0.3 is 0 Å². The predicted octanol–water partition coefficient (Wildman–Crippen LogP) is 4.24. The van der Waals surface area contributed by atoms with Gasteiger partial charge in [-0.25, -0.2) is 0 Å². The van der Waals surface area contributed by atoms with Crippen molar-refractivity contribution in [3.8, 4) is 5.75 Å². The number of hydrogen-bond donors (Lipinski definition) is 2. The summed E-state index contributed by atoms with van der Waals surface area (Å²) >= 11 is 0. The molecule has 0 atom stereocenters. The van der Waals surface area contributed by atoms with E-state index < -0.39 is 0 Å². The molecule has 4 saturated carbocycles. The van der Waals surface area contributed by atoms with E-state index in [1.165, 1.54) is 19.3 Å². The van der Waals surface area contributed by atoms with Gasteiger partial charge in [-0.1, -0.05) is 12.1 Å². The molecule has 0 spiro atoms. The molecule has 8 rings (SSSR count). The molecule has 0 unspecified atom stereocenters. The Kier molecular flexibility index (Phi) is 8.42. The number of anilines is 3. The number of nitrogens with zero attached hydrogens (tertiary/aromatic N) is 3. The molecule has 0 aromatic heterocycles. The van der Waals surface area contributed by atoms with Crippen LogP contribution in [0.1, 0.15) is 48.9 Å². The maximum absolute atomic E-state index is 13.9. The van der Waals surface area contributed by atoms with E-state index in [2.05, 4.69) is 31.4 Å². The number of methoxy groups -OCH3 is 1. The maximum Gasteiger partial charge on any atom is 0.253 e. The molecular weight excluding hydrogens is 554 g/mol. The molecule has 6 aliphatic rings. The monoisotopic (exact) mass is 601 g/mol. The van der Waals surface area contributed by atoms with Gasteiger partial charge in [0, 0.05) is 63.7 Å². The molecule has 44 heavy (non-hydrogen) atoms. The van der Waals surface area contributed by atoms with Crippen molar-refractivity contribution in [2.24, 2.45) is 23.2 Å². The topological polar surface area (TPSA) is 86.4 Å². The van der Waals surface area contributed by atoms with Crippen molar-refractivity contribution in [3.63, 3.8) is 0 Å². The molecule has 2 aromatic rings. The number of carbonyl (C=O) groups is 2. The Balaban J connectivity index is 1.07. The summed E-state index contributed by atoms with van der Waals surface area (Å²) in [6.45, 7) is 7.85. The smallest absolute Gasteiger partial charge is 0.253 e. The molecule has 6 fully saturated rings. The Morgan fingerprint density at radius 1 is 0.864 bits per heavy atom. The molecule has 9 heteroatoms. The molecule has 9 nitrogen and oxygen atoms in total. The number of ether oxygens (including phenoxy) is 2. The van der Waals surface area contributed by atoms with Crippen molar-refractivity contribution in [3.05, 3.63) is 48.0 Å². The number of benzene rings is 2. The van der Waals surface area contributed by atoms with Crippen LogP contribution in [0, 0.1) is 23.2 Å². The van der Waals surface area contributed by atoms with Gasteiger partial charge in [-0.15, -0.1) is 0 Å². The summed E-state index contributed by atoms with van der Waals surface area (Å²) in [6, 6.07) is 14.1. The van der Waals surface area contributed by atoms with E-state index in [0.29, 0.717) is 29.9 Å². The summed E-state index contributed by atoms with van der Waals surface area (Å²) < 4.78 is 11.1. The van der Waals surface area contributed by atoms with Crippen LogP contribution in [-0.2, 0) is 9.53 Å². The van der Waals surface area contributed by atoms with E-state index in [1.807, 2.05) is 36.4 Å². The van der Waals surface area contributed by atoms with Crippen molar-refractivity contribution < 1.29 is 19.1 Å². The number of morpholine rings is 1. The minimum atomic E-state index is -0.233. The van der Waals surface area contributed by atoms with Crippen LogP contribution in [0.4, 0.5) is 17.1 Å². The third kappa shape index (κ3) is 6.01. The van der Waals surface area contributed by atoms with E-state index in [4.69, 9.17) is 9.47 Å². The van der Waals surface area contributed by atoms with E-state index in [1.54, 1.807) is 7.11 Å².